The van der Waals surface area contributed by atoms with Crippen LogP contribution in [-0.2, 0) is 13.1 Å². The van der Waals surface area contributed by atoms with E-state index >= 15 is 0 Å². The summed E-state index contributed by atoms with van der Waals surface area (Å²) < 4.78 is 0. The summed E-state index contributed by atoms with van der Waals surface area (Å²) in [4.78, 5) is 15.2. The van der Waals surface area contributed by atoms with E-state index in [-0.39, 0.29) is 6.03 Å². The third-order valence-electron chi connectivity index (χ3n) is 2.81. The van der Waals surface area contributed by atoms with Gasteiger partial charge in [0.1, 0.15) is 0 Å². The van der Waals surface area contributed by atoms with Crippen molar-refractivity contribution in [1.29, 1.82) is 0 Å². The van der Waals surface area contributed by atoms with E-state index in [0.717, 1.165) is 17.7 Å². The number of nitrogens with zero attached hydrogens (tertiary/aromatic N) is 2. The first-order valence-electron chi connectivity index (χ1n) is 5.82. The first kappa shape index (κ1) is 13.5. The Kier molecular flexibility index (Phi) is 4.97. The Morgan fingerprint density at radius 2 is 1.65 bits per heavy atom. The molecule has 1 rings (SSSR count). The molecule has 0 saturated heterocycles. The summed E-state index contributed by atoms with van der Waals surface area (Å²) in [5, 5.41) is 0. The summed E-state index contributed by atoms with van der Waals surface area (Å²) in [5.41, 5.74) is 7.75. The van der Waals surface area contributed by atoms with Gasteiger partial charge in [0.15, 0.2) is 0 Å². The minimum atomic E-state index is 0.0374. The number of hydrogen-bond acceptors (Lipinski definition) is 2. The van der Waals surface area contributed by atoms with Crippen LogP contribution in [0.5, 0.6) is 0 Å². The molecule has 0 saturated carbocycles. The van der Waals surface area contributed by atoms with Gasteiger partial charge in [-0.2, -0.15) is 0 Å². The van der Waals surface area contributed by atoms with E-state index < -0.39 is 0 Å². The maximum atomic E-state index is 11.8. The Bertz CT molecular complexity index is 361. The molecule has 0 fully saturated rings. The number of nitrogens with two attached hydrogens (primary N) is 1. The number of benzene rings is 1. The summed E-state index contributed by atoms with van der Waals surface area (Å²) in [6.07, 6.45) is 0. The van der Waals surface area contributed by atoms with Gasteiger partial charge in [0.05, 0.1) is 0 Å². The molecule has 0 aliphatic carbocycles. The molecule has 0 aromatic heterocycles. The third kappa shape index (κ3) is 3.75. The first-order chi connectivity index (χ1) is 8.08. The monoisotopic (exact) mass is 235 g/mol. The predicted molar refractivity (Wildman–Crippen MR) is 69.5 cm³/mol. The Hall–Kier alpha value is -1.55. The standard InChI is InChI=1S/C13H21N3O/c1-4-15(2)13(17)16(3)10-12-7-5-11(9-14)6-8-12/h5-8H,4,9-10,14H2,1-3H3. The van der Waals surface area contributed by atoms with E-state index in [1.54, 1.807) is 16.8 Å². The van der Waals surface area contributed by atoms with Crippen LogP contribution in [0.15, 0.2) is 24.3 Å². The zero-order valence-corrected chi connectivity index (χ0v) is 10.8. The number of urea groups is 1. The fourth-order valence-corrected chi connectivity index (χ4v) is 1.55. The van der Waals surface area contributed by atoms with Crippen LogP contribution in [0.4, 0.5) is 4.79 Å². The van der Waals surface area contributed by atoms with Crippen LogP contribution >= 0.6 is 0 Å². The molecule has 0 heterocycles. The molecule has 4 heteroatoms. The van der Waals surface area contributed by atoms with Gasteiger partial charge in [-0.25, -0.2) is 4.79 Å². The molecule has 2 N–H and O–H groups in total. The maximum Gasteiger partial charge on any atom is 0.319 e. The Balaban J connectivity index is 2.61. The van der Waals surface area contributed by atoms with Gasteiger partial charge in [-0.15, -0.1) is 0 Å². The summed E-state index contributed by atoms with van der Waals surface area (Å²) in [5.74, 6) is 0. The number of rotatable bonds is 4. The van der Waals surface area contributed by atoms with Crippen LogP contribution in [0, 0.1) is 0 Å². The van der Waals surface area contributed by atoms with Gasteiger partial charge < -0.3 is 15.5 Å². The second-order valence-corrected chi connectivity index (χ2v) is 4.17. The van der Waals surface area contributed by atoms with Gasteiger partial charge in [-0.05, 0) is 18.1 Å². The van der Waals surface area contributed by atoms with Gasteiger partial charge in [0.25, 0.3) is 0 Å². The minimum absolute atomic E-state index is 0.0374. The lowest BCUT2D eigenvalue weighted by molar-refractivity contribution is 0.173. The van der Waals surface area contributed by atoms with Gasteiger partial charge >= 0.3 is 6.03 Å². The summed E-state index contributed by atoms with van der Waals surface area (Å²) in [6.45, 7) is 3.85. The highest BCUT2D eigenvalue weighted by Crippen LogP contribution is 2.07. The van der Waals surface area contributed by atoms with Gasteiger partial charge in [0, 0.05) is 33.7 Å². The highest BCUT2D eigenvalue weighted by molar-refractivity contribution is 5.73. The van der Waals surface area contributed by atoms with Crippen LogP contribution in [-0.4, -0.2) is 36.5 Å². The lowest BCUT2D eigenvalue weighted by atomic mass is 10.1. The molecule has 0 spiro atoms. The summed E-state index contributed by atoms with van der Waals surface area (Å²) in [6, 6.07) is 8.06. The largest absolute Gasteiger partial charge is 0.328 e. The molecule has 2 amide bonds. The molecule has 1 aromatic carbocycles. The first-order valence-corrected chi connectivity index (χ1v) is 5.82. The lowest BCUT2D eigenvalue weighted by Gasteiger charge is -2.23. The Morgan fingerprint density at radius 3 is 2.12 bits per heavy atom. The van der Waals surface area contributed by atoms with Crippen molar-refractivity contribution in [3.05, 3.63) is 35.4 Å². The summed E-state index contributed by atoms with van der Waals surface area (Å²) >= 11 is 0. The van der Waals surface area contributed by atoms with Crippen molar-refractivity contribution in [2.45, 2.75) is 20.0 Å². The smallest absolute Gasteiger partial charge is 0.319 e. The molecular weight excluding hydrogens is 214 g/mol. The number of hydrogen-bond donors (Lipinski definition) is 1. The summed E-state index contributed by atoms with van der Waals surface area (Å²) in [7, 11) is 3.61. The zero-order valence-electron chi connectivity index (χ0n) is 10.8. The zero-order chi connectivity index (χ0) is 12.8. The molecular formula is C13H21N3O. The van der Waals surface area contributed by atoms with Crippen molar-refractivity contribution in [1.82, 2.24) is 9.80 Å². The molecule has 0 radical (unpaired) electrons. The van der Waals surface area contributed by atoms with Gasteiger partial charge in [-0.1, -0.05) is 24.3 Å². The molecule has 0 aliphatic rings. The SMILES string of the molecule is CCN(C)C(=O)N(C)Cc1ccc(CN)cc1. The number of carbonyl (C=O) groups is 1. The molecule has 0 aliphatic heterocycles. The molecule has 0 bridgehead atoms. The molecule has 0 unspecified atom stereocenters. The Labute approximate surface area is 103 Å². The molecule has 94 valence electrons. The predicted octanol–water partition coefficient (Wildman–Crippen LogP) is 1.65. The maximum absolute atomic E-state index is 11.8. The van der Waals surface area contributed by atoms with Crippen molar-refractivity contribution < 1.29 is 4.79 Å². The fraction of sp³-hybridized carbons (Fsp3) is 0.462. The third-order valence-corrected chi connectivity index (χ3v) is 2.81. The van der Waals surface area contributed by atoms with E-state index in [1.807, 2.05) is 38.2 Å². The van der Waals surface area contributed by atoms with E-state index in [1.165, 1.54) is 0 Å². The van der Waals surface area contributed by atoms with Crippen molar-refractivity contribution in [2.75, 3.05) is 20.6 Å². The second kappa shape index (κ2) is 6.25. The lowest BCUT2D eigenvalue weighted by Crippen LogP contribution is -2.38. The van der Waals surface area contributed by atoms with Crippen molar-refractivity contribution in [3.63, 3.8) is 0 Å². The van der Waals surface area contributed by atoms with Gasteiger partial charge in [0.2, 0.25) is 0 Å². The average molecular weight is 235 g/mol. The number of carbonyl (C=O) groups excluding carboxylic acids is 1. The van der Waals surface area contributed by atoms with Gasteiger partial charge in [-0.3, -0.25) is 0 Å². The molecule has 4 nitrogen and oxygen atoms in total. The van der Waals surface area contributed by atoms with Crippen molar-refractivity contribution >= 4 is 6.03 Å². The molecule has 1 aromatic rings. The van der Waals surface area contributed by atoms with E-state index in [9.17, 15) is 4.79 Å². The Morgan fingerprint density at radius 1 is 1.12 bits per heavy atom. The topological polar surface area (TPSA) is 49.6 Å². The average Bonchev–Trinajstić information content (AvgIpc) is 2.37. The van der Waals surface area contributed by atoms with Crippen LogP contribution in [0.1, 0.15) is 18.1 Å². The highest BCUT2D eigenvalue weighted by Gasteiger charge is 2.12. The van der Waals surface area contributed by atoms with Crippen LogP contribution < -0.4 is 5.73 Å². The molecule has 0 atom stereocenters. The minimum Gasteiger partial charge on any atom is -0.328 e. The second-order valence-electron chi connectivity index (χ2n) is 4.17. The van der Waals surface area contributed by atoms with Crippen LogP contribution in [0.3, 0.4) is 0 Å². The normalized spacial score (nSPS) is 10.1. The van der Waals surface area contributed by atoms with Crippen molar-refractivity contribution in [3.8, 4) is 0 Å². The van der Waals surface area contributed by atoms with Crippen molar-refractivity contribution in [2.24, 2.45) is 5.73 Å². The number of amides is 2. The van der Waals surface area contributed by atoms with E-state index in [0.29, 0.717) is 13.1 Å². The van der Waals surface area contributed by atoms with Crippen LogP contribution in [0.25, 0.3) is 0 Å². The molecule has 17 heavy (non-hydrogen) atoms. The van der Waals surface area contributed by atoms with Crippen LogP contribution in [0.2, 0.25) is 0 Å². The van der Waals surface area contributed by atoms with E-state index in [2.05, 4.69) is 0 Å². The highest BCUT2D eigenvalue weighted by atomic mass is 16.2. The quantitative estimate of drug-likeness (QED) is 0.862. The van der Waals surface area contributed by atoms with E-state index in [4.69, 9.17) is 5.73 Å². The fourth-order valence-electron chi connectivity index (χ4n) is 1.55.